The van der Waals surface area contributed by atoms with Crippen molar-refractivity contribution >= 4 is 16.9 Å². The molecule has 26 heavy (non-hydrogen) atoms. The quantitative estimate of drug-likeness (QED) is 0.758. The zero-order valence-electron chi connectivity index (χ0n) is 15.8. The maximum absolute atomic E-state index is 12.5. The Hall–Kier alpha value is -2.63. The first kappa shape index (κ1) is 16.8. The van der Waals surface area contributed by atoms with Gasteiger partial charge in [0, 0.05) is 37.2 Å². The van der Waals surface area contributed by atoms with Crippen LogP contribution in [0.4, 0.5) is 0 Å². The molecule has 1 amide bonds. The molecule has 6 heteroatoms. The van der Waals surface area contributed by atoms with Gasteiger partial charge in [0.2, 0.25) is 5.91 Å². The number of carbonyl (C=O) groups is 1. The number of hydrogen-bond acceptors (Lipinski definition) is 3. The van der Waals surface area contributed by atoms with Crippen molar-refractivity contribution in [1.82, 2.24) is 25.1 Å². The summed E-state index contributed by atoms with van der Waals surface area (Å²) in [6.45, 7) is 9.70. The topological polar surface area (TPSA) is 77.7 Å². The Morgan fingerprint density at radius 2 is 2.04 bits per heavy atom. The number of aromatic amines is 2. The number of nitrogens with zero attached hydrogens (tertiary/aromatic N) is 3. The van der Waals surface area contributed by atoms with Gasteiger partial charge < -0.3 is 9.88 Å². The number of H-pyrrole nitrogens is 2. The van der Waals surface area contributed by atoms with Crippen LogP contribution in [-0.4, -0.2) is 37.5 Å². The molecule has 136 valence electrons. The molecule has 2 N–H and O–H groups in total. The van der Waals surface area contributed by atoms with Crippen molar-refractivity contribution in [1.29, 1.82) is 0 Å². The van der Waals surface area contributed by atoms with Crippen LogP contribution in [0, 0.1) is 19.8 Å². The third-order valence-corrected chi connectivity index (χ3v) is 5.19. The summed E-state index contributed by atoms with van der Waals surface area (Å²) in [5.74, 6) is 1.35. The Morgan fingerprint density at radius 3 is 2.81 bits per heavy atom. The van der Waals surface area contributed by atoms with Gasteiger partial charge in [-0.15, -0.1) is 0 Å². The Labute approximate surface area is 153 Å². The Morgan fingerprint density at radius 1 is 1.27 bits per heavy atom. The lowest BCUT2D eigenvalue weighted by molar-refractivity contribution is -0.132. The fourth-order valence-electron chi connectivity index (χ4n) is 3.56. The summed E-state index contributed by atoms with van der Waals surface area (Å²) >= 11 is 0. The maximum Gasteiger partial charge on any atom is 0.223 e. The predicted octanol–water partition coefficient (Wildman–Crippen LogP) is 3.50. The summed E-state index contributed by atoms with van der Waals surface area (Å²) in [7, 11) is 0. The van der Waals surface area contributed by atoms with Gasteiger partial charge in [0.25, 0.3) is 0 Å². The van der Waals surface area contributed by atoms with Gasteiger partial charge in [-0.1, -0.05) is 13.8 Å². The summed E-state index contributed by atoms with van der Waals surface area (Å²) in [6, 6.07) is 4.22. The van der Waals surface area contributed by atoms with Crippen LogP contribution in [0.5, 0.6) is 0 Å². The summed E-state index contributed by atoms with van der Waals surface area (Å²) < 4.78 is 0. The van der Waals surface area contributed by atoms with E-state index in [4.69, 9.17) is 4.98 Å². The number of aromatic nitrogens is 4. The largest absolute Gasteiger partial charge is 0.338 e. The molecule has 6 nitrogen and oxygen atoms in total. The summed E-state index contributed by atoms with van der Waals surface area (Å²) in [6.07, 6.45) is 1.40. The van der Waals surface area contributed by atoms with Crippen molar-refractivity contribution in [2.45, 2.75) is 47.1 Å². The normalized spacial score (nSPS) is 14.3. The minimum Gasteiger partial charge on any atom is -0.338 e. The van der Waals surface area contributed by atoms with E-state index in [1.807, 2.05) is 4.90 Å². The molecular formula is C20H25N5O. The molecular weight excluding hydrogens is 326 g/mol. The third kappa shape index (κ3) is 2.89. The molecule has 0 saturated carbocycles. The smallest absolute Gasteiger partial charge is 0.223 e. The van der Waals surface area contributed by atoms with E-state index in [1.165, 1.54) is 11.1 Å². The van der Waals surface area contributed by atoms with E-state index in [9.17, 15) is 4.79 Å². The van der Waals surface area contributed by atoms with Crippen molar-refractivity contribution in [3.05, 3.63) is 34.5 Å². The number of benzene rings is 1. The minimum absolute atomic E-state index is 0.216. The van der Waals surface area contributed by atoms with Crippen LogP contribution in [0.3, 0.4) is 0 Å². The first-order chi connectivity index (χ1) is 12.4. The van der Waals surface area contributed by atoms with Crippen LogP contribution >= 0.6 is 0 Å². The van der Waals surface area contributed by atoms with Crippen molar-refractivity contribution in [3.8, 4) is 11.5 Å². The van der Waals surface area contributed by atoms with Gasteiger partial charge >= 0.3 is 0 Å². The number of amides is 1. The van der Waals surface area contributed by atoms with Crippen LogP contribution in [0.25, 0.3) is 22.6 Å². The van der Waals surface area contributed by atoms with Crippen molar-refractivity contribution in [2.24, 2.45) is 5.92 Å². The monoisotopic (exact) mass is 351 g/mol. The van der Waals surface area contributed by atoms with Gasteiger partial charge in [-0.2, -0.15) is 5.10 Å². The minimum atomic E-state index is 0.216. The number of hydrogen-bond donors (Lipinski definition) is 2. The van der Waals surface area contributed by atoms with Gasteiger partial charge in [0.05, 0.1) is 11.0 Å². The van der Waals surface area contributed by atoms with E-state index >= 15 is 0 Å². The molecule has 0 aliphatic carbocycles. The molecule has 3 aromatic rings. The Balaban J connectivity index is 1.68. The molecule has 0 saturated heterocycles. The van der Waals surface area contributed by atoms with E-state index in [1.54, 1.807) is 0 Å². The van der Waals surface area contributed by atoms with Gasteiger partial charge in [-0.05, 0) is 43.0 Å². The first-order valence-electron chi connectivity index (χ1n) is 9.23. The lowest BCUT2D eigenvalue weighted by atomic mass is 10.0. The van der Waals surface area contributed by atoms with Crippen LogP contribution < -0.4 is 0 Å². The van der Waals surface area contributed by atoms with E-state index in [0.29, 0.717) is 18.9 Å². The maximum atomic E-state index is 12.5. The van der Waals surface area contributed by atoms with Crippen LogP contribution in [0.15, 0.2) is 12.1 Å². The molecule has 1 aliphatic heterocycles. The molecule has 4 rings (SSSR count). The highest BCUT2D eigenvalue weighted by Crippen LogP contribution is 2.29. The van der Waals surface area contributed by atoms with Gasteiger partial charge in [-0.3, -0.25) is 9.89 Å². The number of aryl methyl sites for hydroxylation is 2. The SMILES string of the molecule is Cc1cc2nc(-c3n[nH]c4c3CN(C(=O)CC(C)C)CC4)[nH]c2cc1C. The molecule has 0 fully saturated rings. The van der Waals surface area contributed by atoms with Crippen molar-refractivity contribution < 1.29 is 4.79 Å². The predicted molar refractivity (Wildman–Crippen MR) is 102 cm³/mol. The molecule has 0 spiro atoms. The van der Waals surface area contributed by atoms with E-state index in [-0.39, 0.29) is 5.91 Å². The average Bonchev–Trinajstić information content (AvgIpc) is 3.17. The van der Waals surface area contributed by atoms with E-state index in [0.717, 1.165) is 46.8 Å². The molecule has 0 radical (unpaired) electrons. The van der Waals surface area contributed by atoms with Crippen LogP contribution in [0.2, 0.25) is 0 Å². The highest BCUT2D eigenvalue weighted by molar-refractivity contribution is 5.81. The van der Waals surface area contributed by atoms with Crippen LogP contribution in [0.1, 0.15) is 42.7 Å². The number of fused-ring (bicyclic) bond motifs is 2. The van der Waals surface area contributed by atoms with E-state index < -0.39 is 0 Å². The lowest BCUT2D eigenvalue weighted by Gasteiger charge is -2.27. The van der Waals surface area contributed by atoms with Crippen molar-refractivity contribution in [3.63, 3.8) is 0 Å². The van der Waals surface area contributed by atoms with Gasteiger partial charge in [0.15, 0.2) is 5.82 Å². The standard InChI is InChI=1S/C20H25N5O/c1-11(2)7-18(26)25-6-5-15-14(10-25)19(24-23-15)20-21-16-8-12(3)13(4)9-17(16)22-20/h8-9,11H,5-7,10H2,1-4H3,(H,21,22)(H,23,24). The molecule has 0 unspecified atom stereocenters. The lowest BCUT2D eigenvalue weighted by Crippen LogP contribution is -2.36. The second kappa shape index (κ2) is 6.27. The number of imidazole rings is 1. The molecule has 1 aromatic carbocycles. The second-order valence-corrected chi connectivity index (χ2v) is 7.73. The third-order valence-electron chi connectivity index (χ3n) is 5.19. The van der Waals surface area contributed by atoms with Crippen LogP contribution in [-0.2, 0) is 17.8 Å². The summed E-state index contributed by atoms with van der Waals surface area (Å²) in [5.41, 5.74) is 7.45. The second-order valence-electron chi connectivity index (χ2n) is 7.73. The fraction of sp³-hybridized carbons (Fsp3) is 0.450. The number of rotatable bonds is 3. The zero-order valence-corrected chi connectivity index (χ0v) is 15.8. The molecule has 0 bridgehead atoms. The van der Waals surface area contributed by atoms with Gasteiger partial charge in [0.1, 0.15) is 5.69 Å². The average molecular weight is 351 g/mol. The number of carbonyl (C=O) groups excluding carboxylic acids is 1. The first-order valence-corrected chi connectivity index (χ1v) is 9.23. The summed E-state index contributed by atoms with van der Waals surface area (Å²) in [5, 5.41) is 7.65. The zero-order chi connectivity index (χ0) is 18.4. The summed E-state index contributed by atoms with van der Waals surface area (Å²) in [4.78, 5) is 22.6. The molecule has 1 aliphatic rings. The van der Waals surface area contributed by atoms with Gasteiger partial charge in [-0.25, -0.2) is 4.98 Å². The molecule has 0 atom stereocenters. The Bertz CT molecular complexity index is 943. The highest BCUT2D eigenvalue weighted by atomic mass is 16.2. The Kier molecular flexibility index (Phi) is 4.05. The number of nitrogens with one attached hydrogen (secondary N) is 2. The highest BCUT2D eigenvalue weighted by Gasteiger charge is 2.27. The van der Waals surface area contributed by atoms with E-state index in [2.05, 4.69) is 55.0 Å². The fourth-order valence-corrected chi connectivity index (χ4v) is 3.56. The molecule has 3 heterocycles. The molecule has 2 aromatic heterocycles. The van der Waals surface area contributed by atoms with Crippen molar-refractivity contribution in [2.75, 3.05) is 6.54 Å².